The first kappa shape index (κ1) is 20.1. The first-order chi connectivity index (χ1) is 13.3. The lowest BCUT2D eigenvalue weighted by Gasteiger charge is -2.35. The molecule has 0 spiro atoms. The summed E-state index contributed by atoms with van der Waals surface area (Å²) in [4.78, 5) is 27.4. The lowest BCUT2D eigenvalue weighted by Crippen LogP contribution is -2.44. The average Bonchev–Trinajstić information content (AvgIpc) is 2.69. The van der Waals surface area contributed by atoms with Crippen LogP contribution in [0.25, 0.3) is 0 Å². The van der Waals surface area contributed by atoms with Crippen molar-refractivity contribution in [2.75, 3.05) is 27.2 Å². The molecule has 8 heteroatoms. The normalized spacial score (nSPS) is 15.2. The molecular formula is C20H22ClN3O4. The average molecular weight is 404 g/mol. The molecule has 0 atom stereocenters. The Labute approximate surface area is 168 Å². The highest BCUT2D eigenvalue weighted by atomic mass is 35.5. The minimum absolute atomic E-state index is 0.0430. The molecule has 0 aliphatic carbocycles. The summed E-state index contributed by atoms with van der Waals surface area (Å²) in [6.07, 6.45) is 1.92. The Kier molecular flexibility index (Phi) is 6.16. The van der Waals surface area contributed by atoms with Gasteiger partial charge in [-0.15, -0.1) is 0 Å². The van der Waals surface area contributed by atoms with Gasteiger partial charge in [-0.2, -0.15) is 0 Å². The van der Waals surface area contributed by atoms with Crippen LogP contribution in [-0.2, 0) is 0 Å². The number of carbonyl (C=O) groups excluding carboxylic acids is 1. The Morgan fingerprint density at radius 3 is 2.46 bits per heavy atom. The summed E-state index contributed by atoms with van der Waals surface area (Å²) in [6.45, 7) is 1.96. The molecule has 7 nitrogen and oxygen atoms in total. The molecule has 148 valence electrons. The van der Waals surface area contributed by atoms with E-state index in [0.717, 1.165) is 25.9 Å². The maximum Gasteiger partial charge on any atom is 0.313 e. The van der Waals surface area contributed by atoms with Crippen molar-refractivity contribution in [2.45, 2.75) is 18.9 Å². The summed E-state index contributed by atoms with van der Waals surface area (Å²) in [5.41, 5.74) is 0.342. The molecule has 28 heavy (non-hydrogen) atoms. The van der Waals surface area contributed by atoms with Crippen LogP contribution in [0.2, 0.25) is 5.02 Å². The van der Waals surface area contributed by atoms with E-state index >= 15 is 0 Å². The number of nitrogens with zero attached hydrogens (tertiary/aromatic N) is 3. The minimum atomic E-state index is -0.546. The van der Waals surface area contributed by atoms with E-state index in [9.17, 15) is 14.9 Å². The van der Waals surface area contributed by atoms with Gasteiger partial charge in [0.05, 0.1) is 4.92 Å². The summed E-state index contributed by atoms with van der Waals surface area (Å²) in [7, 11) is 3.92. The first-order valence-electron chi connectivity index (χ1n) is 9.02. The Bertz CT molecular complexity index is 864. The number of ether oxygens (including phenoxy) is 1. The van der Waals surface area contributed by atoms with Crippen LogP contribution in [0, 0.1) is 10.1 Å². The van der Waals surface area contributed by atoms with E-state index in [1.54, 1.807) is 29.2 Å². The SMILES string of the molecule is CN1CCC(N(C)C(=O)c2ccc(Oc3ccc(Cl)cc3[N+](=O)[O-])cc2)CC1. The summed E-state index contributed by atoms with van der Waals surface area (Å²) in [5.74, 6) is 0.458. The third-order valence-electron chi connectivity index (χ3n) is 5.00. The van der Waals surface area contributed by atoms with Gasteiger partial charge >= 0.3 is 5.69 Å². The van der Waals surface area contributed by atoms with Crippen molar-refractivity contribution in [2.24, 2.45) is 0 Å². The highest BCUT2D eigenvalue weighted by Gasteiger charge is 2.24. The standard InChI is InChI=1S/C20H22ClN3O4/c1-22-11-9-16(10-12-22)23(2)20(25)14-3-6-17(7-4-14)28-19-8-5-15(21)13-18(19)24(26)27/h3-8,13,16H,9-12H2,1-2H3. The summed E-state index contributed by atoms with van der Waals surface area (Å²) in [6, 6.07) is 11.1. The third kappa shape index (κ3) is 4.61. The predicted octanol–water partition coefficient (Wildman–Crippen LogP) is 4.21. The molecule has 1 fully saturated rings. The highest BCUT2D eigenvalue weighted by molar-refractivity contribution is 6.30. The number of nitro benzene ring substituents is 1. The number of likely N-dealkylation sites (tertiary alicyclic amines) is 1. The molecule has 0 saturated carbocycles. The monoisotopic (exact) mass is 403 g/mol. The molecule has 1 saturated heterocycles. The fourth-order valence-electron chi connectivity index (χ4n) is 3.26. The molecule has 0 unspecified atom stereocenters. The van der Waals surface area contributed by atoms with Crippen molar-refractivity contribution >= 4 is 23.2 Å². The molecule has 3 rings (SSSR count). The summed E-state index contributed by atoms with van der Waals surface area (Å²) in [5, 5.41) is 11.4. The molecule has 0 bridgehead atoms. The van der Waals surface area contributed by atoms with Crippen molar-refractivity contribution in [3.63, 3.8) is 0 Å². The zero-order valence-electron chi connectivity index (χ0n) is 15.8. The molecule has 1 aliphatic heterocycles. The predicted molar refractivity (Wildman–Crippen MR) is 107 cm³/mol. The molecule has 0 aromatic heterocycles. The highest BCUT2D eigenvalue weighted by Crippen LogP contribution is 2.33. The molecular weight excluding hydrogens is 382 g/mol. The van der Waals surface area contributed by atoms with Crippen LogP contribution in [0.4, 0.5) is 5.69 Å². The van der Waals surface area contributed by atoms with Gasteiger partial charge in [-0.05, 0) is 69.4 Å². The smallest absolute Gasteiger partial charge is 0.313 e. The fraction of sp³-hybridized carbons (Fsp3) is 0.350. The van der Waals surface area contributed by atoms with E-state index in [-0.39, 0.29) is 28.4 Å². The Morgan fingerprint density at radius 2 is 1.86 bits per heavy atom. The van der Waals surface area contributed by atoms with Gasteiger partial charge in [0.1, 0.15) is 5.75 Å². The number of hydrogen-bond donors (Lipinski definition) is 0. The van der Waals surface area contributed by atoms with Gasteiger partial charge in [0, 0.05) is 29.7 Å². The Hall–Kier alpha value is -2.64. The Morgan fingerprint density at radius 1 is 1.21 bits per heavy atom. The Balaban J connectivity index is 1.70. The van der Waals surface area contributed by atoms with E-state index in [0.29, 0.717) is 11.3 Å². The van der Waals surface area contributed by atoms with Gasteiger partial charge in [0.15, 0.2) is 0 Å². The molecule has 1 amide bonds. The topological polar surface area (TPSA) is 75.9 Å². The zero-order valence-corrected chi connectivity index (χ0v) is 16.6. The molecule has 2 aromatic carbocycles. The maximum atomic E-state index is 12.7. The van der Waals surface area contributed by atoms with Crippen LogP contribution >= 0.6 is 11.6 Å². The number of carbonyl (C=O) groups is 1. The van der Waals surface area contributed by atoms with Gasteiger partial charge in [-0.25, -0.2) is 0 Å². The van der Waals surface area contributed by atoms with Crippen LogP contribution in [0.15, 0.2) is 42.5 Å². The number of rotatable bonds is 5. The van der Waals surface area contributed by atoms with Crippen LogP contribution in [-0.4, -0.2) is 53.9 Å². The van der Waals surface area contributed by atoms with E-state index < -0.39 is 4.92 Å². The number of hydrogen-bond acceptors (Lipinski definition) is 5. The van der Waals surface area contributed by atoms with Crippen molar-refractivity contribution in [1.82, 2.24) is 9.80 Å². The van der Waals surface area contributed by atoms with Gasteiger partial charge in [-0.1, -0.05) is 11.6 Å². The zero-order chi connectivity index (χ0) is 20.3. The quantitative estimate of drug-likeness (QED) is 0.552. The molecule has 1 aliphatic rings. The second-order valence-electron chi connectivity index (χ2n) is 6.95. The lowest BCUT2D eigenvalue weighted by atomic mass is 10.0. The van der Waals surface area contributed by atoms with Gasteiger partial charge in [0.2, 0.25) is 5.75 Å². The van der Waals surface area contributed by atoms with E-state index in [1.165, 1.54) is 18.2 Å². The summed E-state index contributed by atoms with van der Waals surface area (Å²) >= 11 is 5.82. The lowest BCUT2D eigenvalue weighted by molar-refractivity contribution is -0.385. The first-order valence-corrected chi connectivity index (χ1v) is 9.40. The van der Waals surface area contributed by atoms with Crippen molar-refractivity contribution in [3.8, 4) is 11.5 Å². The molecule has 0 radical (unpaired) electrons. The van der Waals surface area contributed by atoms with Crippen LogP contribution in [0.3, 0.4) is 0 Å². The maximum absolute atomic E-state index is 12.7. The van der Waals surface area contributed by atoms with Crippen molar-refractivity contribution in [1.29, 1.82) is 0 Å². The largest absolute Gasteiger partial charge is 0.450 e. The number of piperidine rings is 1. The van der Waals surface area contributed by atoms with E-state index in [1.807, 2.05) is 7.05 Å². The van der Waals surface area contributed by atoms with Gasteiger partial charge in [0.25, 0.3) is 5.91 Å². The second kappa shape index (κ2) is 8.58. The van der Waals surface area contributed by atoms with Gasteiger partial charge < -0.3 is 14.5 Å². The molecule has 2 aromatic rings. The van der Waals surface area contributed by atoms with Crippen LogP contribution < -0.4 is 4.74 Å². The number of halogens is 1. The van der Waals surface area contributed by atoms with Crippen molar-refractivity contribution in [3.05, 3.63) is 63.2 Å². The number of nitro groups is 1. The molecule has 1 heterocycles. The van der Waals surface area contributed by atoms with Gasteiger partial charge in [-0.3, -0.25) is 14.9 Å². The van der Waals surface area contributed by atoms with Crippen molar-refractivity contribution < 1.29 is 14.5 Å². The van der Waals surface area contributed by atoms with Crippen LogP contribution in [0.1, 0.15) is 23.2 Å². The van der Waals surface area contributed by atoms with E-state index in [4.69, 9.17) is 16.3 Å². The van der Waals surface area contributed by atoms with Crippen LogP contribution in [0.5, 0.6) is 11.5 Å². The number of benzene rings is 2. The minimum Gasteiger partial charge on any atom is -0.450 e. The number of amides is 1. The second-order valence-corrected chi connectivity index (χ2v) is 7.38. The molecule has 0 N–H and O–H groups in total. The fourth-order valence-corrected chi connectivity index (χ4v) is 3.43. The van der Waals surface area contributed by atoms with E-state index in [2.05, 4.69) is 11.9 Å². The third-order valence-corrected chi connectivity index (χ3v) is 5.24. The summed E-state index contributed by atoms with van der Waals surface area (Å²) < 4.78 is 5.62.